The molecule has 1 aromatic rings. The SMILES string of the molecule is C[C@@H](N)c1ccc(OCCSC(F)(F)F)c(F)c1. The lowest BCUT2D eigenvalue weighted by atomic mass is 10.1. The second kappa shape index (κ2) is 6.29. The number of benzene rings is 1. The van der Waals surface area contributed by atoms with Crippen LogP contribution in [-0.2, 0) is 0 Å². The van der Waals surface area contributed by atoms with Crippen LogP contribution in [0.5, 0.6) is 5.75 Å². The van der Waals surface area contributed by atoms with Crippen molar-refractivity contribution in [3.05, 3.63) is 29.6 Å². The van der Waals surface area contributed by atoms with Crippen LogP contribution in [0.25, 0.3) is 0 Å². The zero-order valence-electron chi connectivity index (χ0n) is 9.63. The van der Waals surface area contributed by atoms with Crippen molar-refractivity contribution in [3.8, 4) is 5.75 Å². The second-order valence-electron chi connectivity index (χ2n) is 3.62. The van der Waals surface area contributed by atoms with E-state index in [1.165, 1.54) is 12.1 Å². The molecule has 0 unspecified atom stereocenters. The standard InChI is InChI=1S/C11H13F4NOS/c1-7(16)8-2-3-10(9(12)6-8)17-4-5-18-11(13,14)15/h2-3,6-7H,4-5,16H2,1H3/t7-/m1/s1. The van der Waals surface area contributed by atoms with E-state index >= 15 is 0 Å². The molecule has 0 bridgehead atoms. The van der Waals surface area contributed by atoms with Gasteiger partial charge in [-0.2, -0.15) is 13.2 Å². The molecule has 0 aromatic heterocycles. The van der Waals surface area contributed by atoms with E-state index in [1.54, 1.807) is 13.0 Å². The van der Waals surface area contributed by atoms with Crippen molar-refractivity contribution in [3.63, 3.8) is 0 Å². The summed E-state index contributed by atoms with van der Waals surface area (Å²) in [6.45, 7) is 1.49. The first-order chi connectivity index (χ1) is 8.29. The van der Waals surface area contributed by atoms with E-state index in [4.69, 9.17) is 10.5 Å². The number of nitrogens with two attached hydrogens (primary N) is 1. The largest absolute Gasteiger partial charge is 0.490 e. The molecule has 102 valence electrons. The third-order valence-electron chi connectivity index (χ3n) is 2.09. The van der Waals surface area contributed by atoms with Crippen LogP contribution in [0.3, 0.4) is 0 Å². The molecule has 7 heteroatoms. The summed E-state index contributed by atoms with van der Waals surface area (Å²) in [6, 6.07) is 3.86. The van der Waals surface area contributed by atoms with E-state index in [1.807, 2.05) is 0 Å². The van der Waals surface area contributed by atoms with Gasteiger partial charge in [0.25, 0.3) is 0 Å². The molecule has 1 rings (SSSR count). The Kier molecular flexibility index (Phi) is 5.28. The summed E-state index contributed by atoms with van der Waals surface area (Å²) in [7, 11) is 0. The Labute approximate surface area is 106 Å². The van der Waals surface area contributed by atoms with Gasteiger partial charge in [0.15, 0.2) is 11.6 Å². The molecule has 0 heterocycles. The molecule has 18 heavy (non-hydrogen) atoms. The molecule has 0 saturated heterocycles. The Morgan fingerprint density at radius 1 is 1.39 bits per heavy atom. The Morgan fingerprint density at radius 3 is 2.56 bits per heavy atom. The molecule has 1 aromatic carbocycles. The highest BCUT2D eigenvalue weighted by Crippen LogP contribution is 2.30. The Hall–Kier alpha value is -0.950. The van der Waals surface area contributed by atoms with Gasteiger partial charge in [0, 0.05) is 11.8 Å². The summed E-state index contributed by atoms with van der Waals surface area (Å²) in [4.78, 5) is 0. The molecule has 2 N–H and O–H groups in total. The van der Waals surface area contributed by atoms with Crippen molar-refractivity contribution in [1.29, 1.82) is 0 Å². The normalized spacial score (nSPS) is 13.4. The highest BCUT2D eigenvalue weighted by molar-refractivity contribution is 8.00. The highest BCUT2D eigenvalue weighted by atomic mass is 32.2. The molecule has 2 nitrogen and oxygen atoms in total. The smallest absolute Gasteiger partial charge is 0.441 e. The summed E-state index contributed by atoms with van der Waals surface area (Å²) in [6.07, 6.45) is 0. The average molecular weight is 283 g/mol. The first-order valence-electron chi connectivity index (χ1n) is 5.18. The minimum absolute atomic E-state index is 0.0674. The van der Waals surface area contributed by atoms with Gasteiger partial charge in [0.1, 0.15) is 0 Å². The molecule has 0 aliphatic heterocycles. The zero-order chi connectivity index (χ0) is 13.8. The van der Waals surface area contributed by atoms with Gasteiger partial charge in [-0.05, 0) is 36.4 Å². The number of halogens is 4. The fourth-order valence-electron chi connectivity index (χ4n) is 1.23. The van der Waals surface area contributed by atoms with Crippen LogP contribution in [-0.4, -0.2) is 17.9 Å². The van der Waals surface area contributed by atoms with Crippen LogP contribution in [0.1, 0.15) is 18.5 Å². The molecule has 0 radical (unpaired) electrons. The van der Waals surface area contributed by atoms with Crippen molar-refractivity contribution in [1.82, 2.24) is 0 Å². The molecule has 0 aliphatic carbocycles. The number of alkyl halides is 3. The lowest BCUT2D eigenvalue weighted by Crippen LogP contribution is -2.09. The molecular formula is C11H13F4NOS. The number of ether oxygens (including phenoxy) is 1. The van der Waals surface area contributed by atoms with Gasteiger partial charge in [0.05, 0.1) is 6.61 Å². The molecule has 1 atom stereocenters. The van der Waals surface area contributed by atoms with E-state index in [0.717, 1.165) is 0 Å². The number of hydrogen-bond acceptors (Lipinski definition) is 3. The van der Waals surface area contributed by atoms with Gasteiger partial charge >= 0.3 is 5.51 Å². The van der Waals surface area contributed by atoms with Crippen molar-refractivity contribution >= 4 is 11.8 Å². The average Bonchev–Trinajstić information content (AvgIpc) is 2.24. The maximum absolute atomic E-state index is 13.5. The highest BCUT2D eigenvalue weighted by Gasteiger charge is 2.27. The topological polar surface area (TPSA) is 35.2 Å². The maximum atomic E-state index is 13.5. The predicted octanol–water partition coefficient (Wildman–Crippen LogP) is 3.48. The van der Waals surface area contributed by atoms with Crippen molar-refractivity contribution < 1.29 is 22.3 Å². The molecule has 0 saturated carbocycles. The number of thioether (sulfide) groups is 1. The van der Waals surface area contributed by atoms with E-state index in [-0.39, 0.29) is 35.9 Å². The Morgan fingerprint density at radius 2 is 2.06 bits per heavy atom. The van der Waals surface area contributed by atoms with Gasteiger partial charge in [-0.15, -0.1) is 0 Å². The molecular weight excluding hydrogens is 270 g/mol. The fourth-order valence-corrected chi connectivity index (χ4v) is 1.62. The first-order valence-corrected chi connectivity index (χ1v) is 6.16. The Balaban J connectivity index is 2.48. The maximum Gasteiger partial charge on any atom is 0.441 e. The molecule has 0 aliphatic rings. The predicted molar refractivity (Wildman–Crippen MR) is 63.0 cm³/mol. The van der Waals surface area contributed by atoms with Crippen molar-refractivity contribution in [2.24, 2.45) is 5.73 Å². The fraction of sp³-hybridized carbons (Fsp3) is 0.455. The minimum atomic E-state index is -4.29. The van der Waals surface area contributed by atoms with E-state index in [0.29, 0.717) is 5.56 Å². The summed E-state index contributed by atoms with van der Waals surface area (Å²) < 4.78 is 53.9. The van der Waals surface area contributed by atoms with Gasteiger partial charge in [-0.3, -0.25) is 0 Å². The van der Waals surface area contributed by atoms with Crippen molar-refractivity contribution in [2.45, 2.75) is 18.5 Å². The van der Waals surface area contributed by atoms with E-state index in [2.05, 4.69) is 0 Å². The van der Waals surface area contributed by atoms with Crippen molar-refractivity contribution in [2.75, 3.05) is 12.4 Å². The monoisotopic (exact) mass is 283 g/mol. The summed E-state index contributed by atoms with van der Waals surface area (Å²) in [5.41, 5.74) is 1.88. The van der Waals surface area contributed by atoms with E-state index in [9.17, 15) is 17.6 Å². The second-order valence-corrected chi connectivity index (χ2v) is 4.78. The van der Waals surface area contributed by atoms with E-state index < -0.39 is 11.3 Å². The lowest BCUT2D eigenvalue weighted by molar-refractivity contribution is -0.0329. The number of rotatable bonds is 5. The van der Waals surface area contributed by atoms with Gasteiger partial charge in [-0.25, -0.2) is 4.39 Å². The van der Waals surface area contributed by atoms with Crippen LogP contribution in [0.2, 0.25) is 0 Å². The quantitative estimate of drug-likeness (QED) is 0.664. The van der Waals surface area contributed by atoms with Gasteiger partial charge in [0.2, 0.25) is 0 Å². The van der Waals surface area contributed by atoms with Crippen LogP contribution in [0.4, 0.5) is 17.6 Å². The Bertz CT molecular complexity index is 395. The van der Waals surface area contributed by atoms with Gasteiger partial charge < -0.3 is 10.5 Å². The summed E-state index contributed by atoms with van der Waals surface area (Å²) >= 11 is -0.201. The van der Waals surface area contributed by atoms with Crippen LogP contribution < -0.4 is 10.5 Å². The first kappa shape index (κ1) is 15.1. The molecule has 0 fully saturated rings. The third kappa shape index (κ3) is 5.14. The van der Waals surface area contributed by atoms with Crippen LogP contribution in [0, 0.1) is 5.82 Å². The lowest BCUT2D eigenvalue weighted by Gasteiger charge is -2.11. The molecule has 0 amide bonds. The van der Waals surface area contributed by atoms with Crippen LogP contribution >= 0.6 is 11.8 Å². The summed E-state index contributed by atoms with van der Waals surface area (Å²) in [5, 5.41) is 0. The number of hydrogen-bond donors (Lipinski definition) is 1. The van der Waals surface area contributed by atoms with Gasteiger partial charge in [-0.1, -0.05) is 6.07 Å². The minimum Gasteiger partial charge on any atom is -0.490 e. The zero-order valence-corrected chi connectivity index (χ0v) is 10.4. The molecule has 0 spiro atoms. The van der Waals surface area contributed by atoms with Crippen LogP contribution in [0.15, 0.2) is 18.2 Å². The third-order valence-corrected chi connectivity index (χ3v) is 2.79. The summed E-state index contributed by atoms with van der Waals surface area (Å²) in [5.74, 6) is -0.971.